The van der Waals surface area contributed by atoms with Crippen LogP contribution < -0.4 is 0 Å². The fourth-order valence-electron chi connectivity index (χ4n) is 0.579. The Hall–Kier alpha value is -1.53. The number of carboxylic acids is 1. The van der Waals surface area contributed by atoms with E-state index in [1.165, 1.54) is 0 Å². The van der Waals surface area contributed by atoms with Crippen molar-refractivity contribution in [3.05, 3.63) is 18.0 Å². The predicted molar refractivity (Wildman–Crippen MR) is 30.5 cm³/mol. The molecule has 0 saturated heterocycles. The second kappa shape index (κ2) is 2.50. The van der Waals surface area contributed by atoms with Crippen LogP contribution in [0.25, 0.3) is 0 Å². The fourth-order valence-corrected chi connectivity index (χ4v) is 0.579. The fraction of sp³-hybridized carbons (Fsp3) is 0.200. The van der Waals surface area contributed by atoms with Crippen molar-refractivity contribution in [3.63, 3.8) is 0 Å². The molecule has 1 N–H and O–H groups in total. The molecular weight excluding hydrogens is 177 g/mol. The zero-order valence-corrected chi connectivity index (χ0v) is 5.54. The Bertz CT molecular complexity index is 304. The molecule has 0 bridgehead atoms. The lowest BCUT2D eigenvalue weighted by molar-refractivity contribution is -0.212. The number of aromatic carboxylic acids is 1. The highest BCUT2D eigenvalue weighted by Gasteiger charge is 2.32. The molecular formula is C5H3F3N2O2. The normalized spacial score (nSPS) is 11.6. The third kappa shape index (κ3) is 1.55. The zero-order valence-electron chi connectivity index (χ0n) is 5.54. The van der Waals surface area contributed by atoms with Gasteiger partial charge in [0.2, 0.25) is 0 Å². The number of hydrogen-bond donors (Lipinski definition) is 1. The van der Waals surface area contributed by atoms with Gasteiger partial charge >= 0.3 is 12.3 Å². The van der Waals surface area contributed by atoms with Crippen LogP contribution in [0.4, 0.5) is 13.2 Å². The van der Waals surface area contributed by atoms with Crippen LogP contribution in [0.3, 0.4) is 0 Å². The molecule has 7 heteroatoms. The van der Waals surface area contributed by atoms with Gasteiger partial charge in [-0.05, 0) is 6.07 Å². The number of hydrogen-bond acceptors (Lipinski definition) is 2. The molecule has 66 valence electrons. The highest BCUT2D eigenvalue weighted by Crippen LogP contribution is 2.20. The van der Waals surface area contributed by atoms with Crippen LogP contribution in [-0.2, 0) is 6.30 Å². The smallest absolute Gasteiger partial charge is 0.476 e. The van der Waals surface area contributed by atoms with Crippen molar-refractivity contribution in [2.45, 2.75) is 6.30 Å². The van der Waals surface area contributed by atoms with E-state index in [0.29, 0.717) is 6.20 Å². The quantitative estimate of drug-likeness (QED) is 0.702. The van der Waals surface area contributed by atoms with Gasteiger partial charge in [-0.25, -0.2) is 4.79 Å². The largest absolute Gasteiger partial charge is 0.504 e. The van der Waals surface area contributed by atoms with Crippen molar-refractivity contribution < 1.29 is 23.1 Å². The molecule has 0 aromatic carbocycles. The van der Waals surface area contributed by atoms with Crippen LogP contribution in [0, 0.1) is 0 Å². The van der Waals surface area contributed by atoms with Gasteiger partial charge in [-0.3, -0.25) is 0 Å². The van der Waals surface area contributed by atoms with Gasteiger partial charge in [0.25, 0.3) is 0 Å². The average molecular weight is 180 g/mol. The summed E-state index contributed by atoms with van der Waals surface area (Å²) >= 11 is 0. The van der Waals surface area contributed by atoms with Crippen LogP contribution in [0.15, 0.2) is 12.3 Å². The van der Waals surface area contributed by atoms with Crippen LogP contribution in [0.5, 0.6) is 0 Å². The standard InChI is InChI=1S/C5H3F3N2O2/c6-5(7,8)10-2-1-3(9-10)4(11)12/h1-2H,(H,11,12). The minimum atomic E-state index is -4.66. The Morgan fingerprint density at radius 1 is 1.58 bits per heavy atom. The number of halogens is 3. The lowest BCUT2D eigenvalue weighted by atomic mass is 10.5. The van der Waals surface area contributed by atoms with E-state index in [0.717, 1.165) is 6.07 Å². The molecule has 0 saturated carbocycles. The van der Waals surface area contributed by atoms with Gasteiger partial charge in [0.1, 0.15) is 0 Å². The molecule has 0 aliphatic rings. The van der Waals surface area contributed by atoms with Crippen molar-refractivity contribution in [2.75, 3.05) is 0 Å². The molecule has 0 spiro atoms. The van der Waals surface area contributed by atoms with Crippen molar-refractivity contribution in [1.29, 1.82) is 0 Å². The number of carbonyl (C=O) groups is 1. The number of nitrogens with zero attached hydrogens (tertiary/aromatic N) is 2. The summed E-state index contributed by atoms with van der Waals surface area (Å²) in [4.78, 5) is 10.1. The monoisotopic (exact) mass is 180 g/mol. The minimum absolute atomic E-state index is 0.365. The van der Waals surface area contributed by atoms with E-state index in [4.69, 9.17) is 5.11 Å². The third-order valence-corrected chi connectivity index (χ3v) is 1.07. The number of aromatic nitrogens is 2. The maximum atomic E-state index is 11.8. The molecule has 1 aromatic heterocycles. The summed E-state index contributed by atoms with van der Waals surface area (Å²) in [5.74, 6) is -1.49. The molecule has 0 radical (unpaired) electrons. The summed E-state index contributed by atoms with van der Waals surface area (Å²) in [6.07, 6.45) is -4.11. The van der Waals surface area contributed by atoms with E-state index < -0.39 is 18.0 Å². The van der Waals surface area contributed by atoms with Gasteiger partial charge in [-0.15, -0.1) is 13.2 Å². The Labute approximate surface area is 64.2 Å². The van der Waals surface area contributed by atoms with Crippen molar-refractivity contribution in [3.8, 4) is 0 Å². The topological polar surface area (TPSA) is 55.1 Å². The molecule has 1 aromatic rings. The van der Waals surface area contributed by atoms with Gasteiger partial charge < -0.3 is 5.11 Å². The third-order valence-electron chi connectivity index (χ3n) is 1.07. The first kappa shape index (κ1) is 8.57. The highest BCUT2D eigenvalue weighted by atomic mass is 19.4. The number of alkyl halides is 3. The molecule has 0 amide bonds. The average Bonchev–Trinajstić information content (AvgIpc) is 2.30. The summed E-state index contributed by atoms with van der Waals surface area (Å²) in [5.41, 5.74) is -0.632. The summed E-state index contributed by atoms with van der Waals surface area (Å²) < 4.78 is 35.0. The number of carboxylic acid groups (broad SMARTS) is 1. The van der Waals surface area contributed by atoms with E-state index in [-0.39, 0.29) is 4.68 Å². The van der Waals surface area contributed by atoms with Gasteiger partial charge in [0, 0.05) is 6.20 Å². The maximum Gasteiger partial charge on any atom is 0.504 e. The predicted octanol–water partition coefficient (Wildman–Crippen LogP) is 1.06. The molecule has 1 heterocycles. The second-order valence-electron chi connectivity index (χ2n) is 1.92. The summed E-state index contributed by atoms with van der Waals surface area (Å²) in [5, 5.41) is 11.0. The Morgan fingerprint density at radius 3 is 2.42 bits per heavy atom. The van der Waals surface area contributed by atoms with Gasteiger partial charge in [-0.1, -0.05) is 0 Å². The van der Waals surface area contributed by atoms with Crippen LogP contribution >= 0.6 is 0 Å². The minimum Gasteiger partial charge on any atom is -0.476 e. The first-order chi connectivity index (χ1) is 5.41. The van der Waals surface area contributed by atoms with E-state index in [2.05, 4.69) is 5.10 Å². The highest BCUT2D eigenvalue weighted by molar-refractivity contribution is 5.85. The van der Waals surface area contributed by atoms with E-state index in [9.17, 15) is 18.0 Å². The van der Waals surface area contributed by atoms with Crippen molar-refractivity contribution in [2.24, 2.45) is 0 Å². The van der Waals surface area contributed by atoms with Gasteiger partial charge in [0.15, 0.2) is 5.69 Å². The second-order valence-corrected chi connectivity index (χ2v) is 1.92. The van der Waals surface area contributed by atoms with E-state index >= 15 is 0 Å². The van der Waals surface area contributed by atoms with Gasteiger partial charge in [0.05, 0.1) is 0 Å². The lowest BCUT2D eigenvalue weighted by Gasteiger charge is -2.03. The summed E-state index contributed by atoms with van der Waals surface area (Å²) in [6.45, 7) is 0. The van der Waals surface area contributed by atoms with Gasteiger partial charge in [-0.2, -0.15) is 9.78 Å². The maximum absolute atomic E-state index is 11.8. The first-order valence-electron chi connectivity index (χ1n) is 2.77. The zero-order chi connectivity index (χ0) is 9.35. The molecule has 0 atom stereocenters. The Kier molecular flexibility index (Phi) is 1.79. The SMILES string of the molecule is O=C(O)c1ccn(C(F)(F)F)n1. The molecule has 0 aliphatic carbocycles. The molecule has 0 aliphatic heterocycles. The van der Waals surface area contributed by atoms with Crippen LogP contribution in [0.1, 0.15) is 10.5 Å². The van der Waals surface area contributed by atoms with Crippen LogP contribution in [0.2, 0.25) is 0 Å². The van der Waals surface area contributed by atoms with E-state index in [1.807, 2.05) is 0 Å². The Balaban J connectivity index is 3.00. The van der Waals surface area contributed by atoms with Crippen molar-refractivity contribution >= 4 is 5.97 Å². The molecule has 4 nitrogen and oxygen atoms in total. The molecule has 12 heavy (non-hydrogen) atoms. The van der Waals surface area contributed by atoms with Crippen LogP contribution in [-0.4, -0.2) is 20.9 Å². The summed E-state index contributed by atoms with van der Waals surface area (Å²) in [7, 11) is 0. The van der Waals surface area contributed by atoms with Crippen molar-refractivity contribution in [1.82, 2.24) is 9.78 Å². The van der Waals surface area contributed by atoms with E-state index in [1.54, 1.807) is 0 Å². The number of rotatable bonds is 1. The lowest BCUT2D eigenvalue weighted by Crippen LogP contribution is -2.17. The Morgan fingerprint density at radius 2 is 2.17 bits per heavy atom. The molecule has 1 rings (SSSR count). The molecule has 0 unspecified atom stereocenters. The first-order valence-corrected chi connectivity index (χ1v) is 2.77. The summed E-state index contributed by atoms with van der Waals surface area (Å²) in [6, 6.07) is 0.774. The molecule has 0 fully saturated rings.